The summed E-state index contributed by atoms with van der Waals surface area (Å²) in [7, 11) is 0. The quantitative estimate of drug-likeness (QED) is 0.667. The molecule has 1 atom stereocenters. The summed E-state index contributed by atoms with van der Waals surface area (Å²) >= 11 is 0. The van der Waals surface area contributed by atoms with E-state index in [0.29, 0.717) is 35.4 Å². The number of aromatic nitrogens is 2. The molecule has 7 nitrogen and oxygen atoms in total. The highest BCUT2D eigenvalue weighted by Crippen LogP contribution is 2.24. The van der Waals surface area contributed by atoms with E-state index < -0.39 is 5.91 Å². The van der Waals surface area contributed by atoms with E-state index in [0.717, 1.165) is 32.3 Å². The number of hydrogen-bond acceptors (Lipinski definition) is 6. The van der Waals surface area contributed by atoms with Gasteiger partial charge < -0.3 is 21.1 Å². The molecule has 0 radical (unpaired) electrons. The third-order valence-corrected chi connectivity index (χ3v) is 4.83. The molecule has 0 saturated heterocycles. The number of carbonyl (C=O) groups excluding carboxylic acids is 1. The zero-order chi connectivity index (χ0) is 18.4. The minimum absolute atomic E-state index is 0.169. The molecule has 7 heteroatoms. The molecule has 140 valence electrons. The van der Waals surface area contributed by atoms with Gasteiger partial charge in [-0.2, -0.15) is 4.98 Å². The van der Waals surface area contributed by atoms with Crippen molar-refractivity contribution in [1.29, 1.82) is 0 Å². The van der Waals surface area contributed by atoms with Gasteiger partial charge in [-0.15, -0.1) is 0 Å². The Morgan fingerprint density at radius 3 is 2.56 bits per heavy atom. The highest BCUT2D eigenvalue weighted by Gasteiger charge is 2.22. The van der Waals surface area contributed by atoms with Crippen LogP contribution in [0.4, 0.5) is 11.8 Å². The molecule has 0 bridgehead atoms. The molecule has 1 aliphatic rings. The van der Waals surface area contributed by atoms with Gasteiger partial charge in [0.2, 0.25) is 5.95 Å². The second kappa shape index (κ2) is 8.99. The molecule has 1 aromatic heterocycles. The summed E-state index contributed by atoms with van der Waals surface area (Å²) in [5.41, 5.74) is 5.77. The summed E-state index contributed by atoms with van der Waals surface area (Å²) in [6, 6.07) is 0.494. The van der Waals surface area contributed by atoms with Crippen molar-refractivity contribution in [2.45, 2.75) is 71.6 Å². The average molecular weight is 349 g/mol. The van der Waals surface area contributed by atoms with Crippen LogP contribution in [0, 0.1) is 5.92 Å². The average Bonchev–Trinajstić information content (AvgIpc) is 2.56. The maximum absolute atomic E-state index is 11.6. The Balaban J connectivity index is 2.05. The number of anilines is 2. The van der Waals surface area contributed by atoms with Crippen molar-refractivity contribution < 1.29 is 9.53 Å². The Labute approximate surface area is 150 Å². The Bertz CT molecular complexity index is 571. The third kappa shape index (κ3) is 5.56. The van der Waals surface area contributed by atoms with Crippen LogP contribution in [0.1, 0.15) is 63.7 Å². The largest absolute Gasteiger partial charge is 0.379 e. The zero-order valence-electron chi connectivity index (χ0n) is 15.7. The van der Waals surface area contributed by atoms with Crippen LogP contribution >= 0.6 is 0 Å². The monoisotopic (exact) mass is 349 g/mol. The van der Waals surface area contributed by atoms with Crippen molar-refractivity contribution in [3.63, 3.8) is 0 Å². The smallest absolute Gasteiger partial charge is 0.254 e. The number of rotatable bonds is 8. The number of hydrogen-bond donors (Lipinski definition) is 3. The van der Waals surface area contributed by atoms with Crippen molar-refractivity contribution in [3.05, 3.63) is 11.8 Å². The van der Waals surface area contributed by atoms with E-state index in [1.54, 1.807) is 0 Å². The summed E-state index contributed by atoms with van der Waals surface area (Å²) in [5, 5.41) is 6.66. The lowest BCUT2D eigenvalue weighted by Crippen LogP contribution is -2.31. The van der Waals surface area contributed by atoms with Gasteiger partial charge in [-0.25, -0.2) is 4.98 Å². The Morgan fingerprint density at radius 2 is 2.00 bits per heavy atom. The van der Waals surface area contributed by atoms with Crippen molar-refractivity contribution in [1.82, 2.24) is 9.97 Å². The van der Waals surface area contributed by atoms with Gasteiger partial charge in [0.25, 0.3) is 5.91 Å². The molecular weight excluding hydrogens is 318 g/mol. The first-order chi connectivity index (χ1) is 11.9. The van der Waals surface area contributed by atoms with Gasteiger partial charge in [-0.1, -0.05) is 13.8 Å². The van der Waals surface area contributed by atoms with Gasteiger partial charge in [0.15, 0.2) is 0 Å². The molecular formula is C18H31N5O2. The Morgan fingerprint density at radius 1 is 1.32 bits per heavy atom. The van der Waals surface area contributed by atoms with Crippen molar-refractivity contribution in [2.24, 2.45) is 11.7 Å². The summed E-state index contributed by atoms with van der Waals surface area (Å²) < 4.78 is 5.69. The molecule has 1 amide bonds. The summed E-state index contributed by atoms with van der Waals surface area (Å²) in [6.45, 7) is 9.08. The van der Waals surface area contributed by atoms with Crippen LogP contribution in [0.5, 0.6) is 0 Å². The lowest BCUT2D eigenvalue weighted by atomic mass is 9.93. The second-order valence-corrected chi connectivity index (χ2v) is 7.07. The third-order valence-electron chi connectivity index (χ3n) is 4.83. The van der Waals surface area contributed by atoms with E-state index in [1.165, 1.54) is 6.20 Å². The van der Waals surface area contributed by atoms with E-state index in [4.69, 9.17) is 10.5 Å². The Kier molecular flexibility index (Phi) is 6.99. The normalized spacial score (nSPS) is 21.8. The van der Waals surface area contributed by atoms with Crippen LogP contribution in [0.15, 0.2) is 6.20 Å². The maximum atomic E-state index is 11.6. The minimum atomic E-state index is -0.526. The van der Waals surface area contributed by atoms with Gasteiger partial charge in [-0.05, 0) is 45.4 Å². The molecule has 1 fully saturated rings. The van der Waals surface area contributed by atoms with Crippen LogP contribution in [0.2, 0.25) is 0 Å². The van der Waals surface area contributed by atoms with E-state index in [9.17, 15) is 4.79 Å². The van der Waals surface area contributed by atoms with Crippen LogP contribution in [0.3, 0.4) is 0 Å². The highest BCUT2D eigenvalue weighted by atomic mass is 16.5. The standard InChI is InChI=1S/C18H31N5O2/c1-5-25-14-8-6-13(7-9-14)22-18-20-10-15(16(19)24)17(23-18)21-12(4)11(2)3/h10-14H,5-9H2,1-4H3,(H2,19,24)(H2,20,21,22,23). The van der Waals surface area contributed by atoms with Gasteiger partial charge in [0, 0.05) is 24.9 Å². The van der Waals surface area contributed by atoms with Crippen molar-refractivity contribution in [3.8, 4) is 0 Å². The molecule has 1 aliphatic carbocycles. The number of nitrogens with one attached hydrogen (secondary N) is 2. The first-order valence-corrected chi connectivity index (χ1v) is 9.22. The Hall–Kier alpha value is -1.89. The number of amides is 1. The van der Waals surface area contributed by atoms with E-state index in [1.807, 2.05) is 6.92 Å². The number of primary amides is 1. The second-order valence-electron chi connectivity index (χ2n) is 7.07. The van der Waals surface area contributed by atoms with E-state index >= 15 is 0 Å². The molecule has 4 N–H and O–H groups in total. The van der Waals surface area contributed by atoms with Gasteiger partial charge in [0.05, 0.1) is 11.7 Å². The highest BCUT2D eigenvalue weighted by molar-refractivity contribution is 5.97. The van der Waals surface area contributed by atoms with Gasteiger partial charge in [0.1, 0.15) is 5.82 Å². The van der Waals surface area contributed by atoms with Crippen LogP contribution < -0.4 is 16.4 Å². The van der Waals surface area contributed by atoms with Crippen molar-refractivity contribution in [2.75, 3.05) is 17.2 Å². The zero-order valence-corrected chi connectivity index (χ0v) is 15.7. The lowest BCUT2D eigenvalue weighted by Gasteiger charge is -2.29. The molecule has 0 aromatic carbocycles. The first-order valence-electron chi connectivity index (χ1n) is 9.22. The molecule has 1 aromatic rings. The predicted octanol–water partition coefficient (Wildman–Crippen LogP) is 2.79. The number of nitrogens with zero attached hydrogens (tertiary/aromatic N) is 2. The first kappa shape index (κ1) is 19.4. The van der Waals surface area contributed by atoms with Crippen LogP contribution in [-0.2, 0) is 4.74 Å². The number of ether oxygens (including phenoxy) is 1. The molecule has 0 aliphatic heterocycles. The predicted molar refractivity (Wildman–Crippen MR) is 99.8 cm³/mol. The lowest BCUT2D eigenvalue weighted by molar-refractivity contribution is 0.0346. The summed E-state index contributed by atoms with van der Waals surface area (Å²) in [5.74, 6) is 0.903. The minimum Gasteiger partial charge on any atom is -0.379 e. The topological polar surface area (TPSA) is 102 Å². The maximum Gasteiger partial charge on any atom is 0.254 e. The number of carbonyl (C=O) groups is 1. The number of nitrogens with two attached hydrogens (primary N) is 1. The van der Waals surface area contributed by atoms with Crippen LogP contribution in [-0.4, -0.2) is 40.7 Å². The summed E-state index contributed by atoms with van der Waals surface area (Å²) in [4.78, 5) is 20.4. The van der Waals surface area contributed by atoms with Crippen LogP contribution in [0.25, 0.3) is 0 Å². The molecule has 25 heavy (non-hydrogen) atoms. The molecule has 0 spiro atoms. The fourth-order valence-electron chi connectivity index (χ4n) is 2.92. The van der Waals surface area contributed by atoms with Crippen molar-refractivity contribution >= 4 is 17.7 Å². The SMILES string of the molecule is CCOC1CCC(Nc2ncc(C(N)=O)c(NC(C)C(C)C)n2)CC1. The van der Waals surface area contributed by atoms with E-state index in [-0.39, 0.29) is 6.04 Å². The molecule has 1 heterocycles. The summed E-state index contributed by atoms with van der Waals surface area (Å²) in [6.07, 6.45) is 6.00. The fourth-order valence-corrected chi connectivity index (χ4v) is 2.92. The van der Waals surface area contributed by atoms with Gasteiger partial charge >= 0.3 is 0 Å². The molecule has 1 saturated carbocycles. The molecule has 2 rings (SSSR count). The molecule has 1 unspecified atom stereocenters. The van der Waals surface area contributed by atoms with E-state index in [2.05, 4.69) is 41.4 Å². The van der Waals surface area contributed by atoms with Gasteiger partial charge in [-0.3, -0.25) is 4.79 Å². The fraction of sp³-hybridized carbons (Fsp3) is 0.722.